The molecule has 1 aliphatic carbocycles. The van der Waals surface area contributed by atoms with Gasteiger partial charge in [-0.1, -0.05) is 0 Å². The number of carbonyl (C=O) groups is 1. The number of likely N-dealkylation sites (N-methyl/N-ethyl adjacent to an activating group) is 1. The zero-order valence-electron chi connectivity index (χ0n) is 13.3. The van der Waals surface area contributed by atoms with E-state index < -0.39 is 5.91 Å². The van der Waals surface area contributed by atoms with Crippen molar-refractivity contribution in [2.24, 2.45) is 0 Å². The van der Waals surface area contributed by atoms with Gasteiger partial charge in [-0.25, -0.2) is 0 Å². The fourth-order valence-corrected chi connectivity index (χ4v) is 1.99. The number of amides is 1. The Labute approximate surface area is 134 Å². The molecule has 1 aromatic carbocycles. The predicted molar refractivity (Wildman–Crippen MR) is 84.7 cm³/mol. The van der Waals surface area contributed by atoms with Crippen LogP contribution in [0, 0.1) is 0 Å². The van der Waals surface area contributed by atoms with Crippen molar-refractivity contribution in [1.82, 2.24) is 15.1 Å². The van der Waals surface area contributed by atoms with Gasteiger partial charge in [-0.05, 0) is 51.2 Å². The van der Waals surface area contributed by atoms with Crippen LogP contribution in [0.4, 0.5) is 5.69 Å². The highest BCUT2D eigenvalue weighted by atomic mass is 16.5. The Morgan fingerprint density at radius 3 is 2.70 bits per heavy atom. The number of anilines is 1. The van der Waals surface area contributed by atoms with E-state index in [0.29, 0.717) is 24.1 Å². The number of rotatable bonds is 7. The van der Waals surface area contributed by atoms with Gasteiger partial charge in [0.15, 0.2) is 0 Å². The van der Waals surface area contributed by atoms with E-state index in [0.717, 1.165) is 25.1 Å². The second-order valence-electron chi connectivity index (χ2n) is 5.85. The molecule has 7 heteroatoms. The predicted octanol–water partition coefficient (Wildman–Crippen LogP) is 2.14. The Hall–Kier alpha value is -2.41. The van der Waals surface area contributed by atoms with E-state index in [1.54, 1.807) is 12.1 Å². The number of nitrogens with zero attached hydrogens (tertiary/aromatic N) is 3. The third kappa shape index (κ3) is 4.29. The quantitative estimate of drug-likeness (QED) is 0.843. The summed E-state index contributed by atoms with van der Waals surface area (Å²) in [5, 5.41) is 10.4. The number of nitrogens with one attached hydrogen (secondary N) is 1. The average Bonchev–Trinajstić information content (AvgIpc) is 3.26. The van der Waals surface area contributed by atoms with Crippen molar-refractivity contribution in [1.29, 1.82) is 0 Å². The lowest BCUT2D eigenvalue weighted by atomic mass is 10.3. The van der Waals surface area contributed by atoms with Crippen molar-refractivity contribution in [3.05, 3.63) is 36.0 Å². The summed E-state index contributed by atoms with van der Waals surface area (Å²) in [6.45, 7) is 1.46. The lowest BCUT2D eigenvalue weighted by molar-refractivity contribution is 0.0988. The standard InChI is InChI=1S/C16H20N4O3/c1-20(2)9-10-22-13-7-5-12(6-8-13)17-14(21)16-19-18-15(23-16)11-3-4-11/h5-8,11H,3-4,9-10H2,1-2H3,(H,17,21). The molecular formula is C16H20N4O3. The van der Waals surface area contributed by atoms with E-state index in [4.69, 9.17) is 9.15 Å². The molecule has 3 rings (SSSR count). The van der Waals surface area contributed by atoms with Crippen LogP contribution in [-0.4, -0.2) is 48.3 Å². The fraction of sp³-hybridized carbons (Fsp3) is 0.438. The Balaban J connectivity index is 1.53. The highest BCUT2D eigenvalue weighted by Crippen LogP contribution is 2.39. The first-order chi connectivity index (χ1) is 11.1. The van der Waals surface area contributed by atoms with Gasteiger partial charge in [0.2, 0.25) is 5.89 Å². The third-order valence-electron chi connectivity index (χ3n) is 3.48. The molecule has 1 fully saturated rings. The molecule has 1 saturated carbocycles. The molecule has 23 heavy (non-hydrogen) atoms. The summed E-state index contributed by atoms with van der Waals surface area (Å²) < 4.78 is 11.0. The van der Waals surface area contributed by atoms with Crippen molar-refractivity contribution in [2.45, 2.75) is 18.8 Å². The summed E-state index contributed by atoms with van der Waals surface area (Å²) in [6, 6.07) is 7.19. The molecule has 1 heterocycles. The van der Waals surface area contributed by atoms with E-state index in [-0.39, 0.29) is 5.89 Å². The zero-order valence-corrected chi connectivity index (χ0v) is 13.3. The molecule has 1 aliphatic rings. The Morgan fingerprint density at radius 1 is 1.30 bits per heavy atom. The number of hydrogen-bond donors (Lipinski definition) is 1. The molecule has 1 aromatic heterocycles. The smallest absolute Gasteiger partial charge is 0.313 e. The first-order valence-electron chi connectivity index (χ1n) is 7.64. The van der Waals surface area contributed by atoms with E-state index >= 15 is 0 Å². The van der Waals surface area contributed by atoms with Crippen LogP contribution >= 0.6 is 0 Å². The van der Waals surface area contributed by atoms with Crippen molar-refractivity contribution in [3.8, 4) is 5.75 Å². The summed E-state index contributed by atoms with van der Waals surface area (Å²) in [7, 11) is 3.99. The second-order valence-corrected chi connectivity index (χ2v) is 5.85. The van der Waals surface area contributed by atoms with Gasteiger partial charge in [0.1, 0.15) is 12.4 Å². The SMILES string of the molecule is CN(C)CCOc1ccc(NC(=O)c2nnc(C3CC3)o2)cc1. The third-order valence-corrected chi connectivity index (χ3v) is 3.48. The summed E-state index contributed by atoms with van der Waals surface area (Å²) in [5.41, 5.74) is 0.654. The number of carbonyl (C=O) groups excluding carboxylic acids is 1. The number of benzene rings is 1. The molecule has 1 N–H and O–H groups in total. The zero-order chi connectivity index (χ0) is 16.2. The molecule has 0 spiro atoms. The Bertz CT molecular complexity index is 662. The molecule has 0 unspecified atom stereocenters. The van der Waals surface area contributed by atoms with Crippen molar-refractivity contribution in [2.75, 3.05) is 32.6 Å². The maximum Gasteiger partial charge on any atom is 0.313 e. The molecule has 2 aromatic rings. The maximum atomic E-state index is 12.1. The number of ether oxygens (including phenoxy) is 1. The van der Waals surface area contributed by atoms with E-state index in [1.807, 2.05) is 26.2 Å². The molecule has 1 amide bonds. The van der Waals surface area contributed by atoms with Gasteiger partial charge >= 0.3 is 11.8 Å². The van der Waals surface area contributed by atoms with Gasteiger partial charge in [0.25, 0.3) is 0 Å². The maximum absolute atomic E-state index is 12.1. The number of hydrogen-bond acceptors (Lipinski definition) is 6. The molecule has 0 atom stereocenters. The van der Waals surface area contributed by atoms with Crippen LogP contribution in [0.3, 0.4) is 0 Å². The highest BCUT2D eigenvalue weighted by molar-refractivity contribution is 6.00. The monoisotopic (exact) mass is 316 g/mol. The minimum absolute atomic E-state index is 0.00166. The minimum atomic E-state index is -0.398. The fourth-order valence-electron chi connectivity index (χ4n) is 1.99. The summed E-state index contributed by atoms with van der Waals surface area (Å²) >= 11 is 0. The summed E-state index contributed by atoms with van der Waals surface area (Å²) in [5.74, 6) is 1.25. The summed E-state index contributed by atoms with van der Waals surface area (Å²) in [6.07, 6.45) is 2.11. The Kier molecular flexibility index (Phi) is 4.57. The molecule has 0 radical (unpaired) electrons. The van der Waals surface area contributed by atoms with Crippen LogP contribution in [0.25, 0.3) is 0 Å². The first kappa shape index (κ1) is 15.5. The van der Waals surface area contributed by atoms with Crippen molar-refractivity contribution >= 4 is 11.6 Å². The lowest BCUT2D eigenvalue weighted by Crippen LogP contribution is -2.19. The molecule has 0 saturated heterocycles. The first-order valence-corrected chi connectivity index (χ1v) is 7.64. The van der Waals surface area contributed by atoms with Gasteiger partial charge in [0.05, 0.1) is 0 Å². The van der Waals surface area contributed by atoms with Gasteiger partial charge in [0, 0.05) is 18.2 Å². The van der Waals surface area contributed by atoms with E-state index in [1.165, 1.54) is 0 Å². The highest BCUT2D eigenvalue weighted by Gasteiger charge is 2.30. The van der Waals surface area contributed by atoms with E-state index in [2.05, 4.69) is 20.4 Å². The van der Waals surface area contributed by atoms with Gasteiger partial charge in [-0.15, -0.1) is 10.2 Å². The van der Waals surface area contributed by atoms with Crippen LogP contribution in [0.1, 0.15) is 35.3 Å². The average molecular weight is 316 g/mol. The molecular weight excluding hydrogens is 296 g/mol. The van der Waals surface area contributed by atoms with Gasteiger partial charge in [-0.3, -0.25) is 4.79 Å². The second kappa shape index (κ2) is 6.78. The normalized spacial score (nSPS) is 14.0. The Morgan fingerprint density at radius 2 is 2.04 bits per heavy atom. The molecule has 122 valence electrons. The van der Waals surface area contributed by atoms with Crippen LogP contribution < -0.4 is 10.1 Å². The largest absolute Gasteiger partial charge is 0.492 e. The van der Waals surface area contributed by atoms with Crippen molar-refractivity contribution < 1.29 is 13.9 Å². The van der Waals surface area contributed by atoms with Crippen LogP contribution in [0.15, 0.2) is 28.7 Å². The van der Waals surface area contributed by atoms with Crippen LogP contribution in [-0.2, 0) is 0 Å². The van der Waals surface area contributed by atoms with Crippen molar-refractivity contribution in [3.63, 3.8) is 0 Å². The molecule has 7 nitrogen and oxygen atoms in total. The van der Waals surface area contributed by atoms with Gasteiger partial charge < -0.3 is 19.4 Å². The minimum Gasteiger partial charge on any atom is -0.492 e. The topological polar surface area (TPSA) is 80.5 Å². The number of aromatic nitrogens is 2. The molecule has 0 bridgehead atoms. The van der Waals surface area contributed by atoms with Crippen LogP contribution in [0.2, 0.25) is 0 Å². The van der Waals surface area contributed by atoms with Gasteiger partial charge in [-0.2, -0.15) is 0 Å². The lowest BCUT2D eigenvalue weighted by Gasteiger charge is -2.11. The molecule has 0 aliphatic heterocycles. The van der Waals surface area contributed by atoms with Crippen LogP contribution in [0.5, 0.6) is 5.75 Å². The van der Waals surface area contributed by atoms with E-state index in [9.17, 15) is 4.79 Å². The summed E-state index contributed by atoms with van der Waals surface area (Å²) in [4.78, 5) is 14.1.